The van der Waals surface area contributed by atoms with Gasteiger partial charge < -0.3 is 9.47 Å². The van der Waals surface area contributed by atoms with Crippen molar-refractivity contribution in [2.75, 3.05) is 13.2 Å². The standard InChI is InChI=1S/C18H15ClN2O4/c19-14-6-2-4-8-16(14)25-11-17(22)24-10-9-21-12-20-15-7-3-1-5-13(15)18(21)23/h1-8,12H,9-11H2. The first-order valence-electron chi connectivity index (χ1n) is 7.62. The summed E-state index contributed by atoms with van der Waals surface area (Å²) >= 11 is 5.94. The molecule has 1 heterocycles. The summed E-state index contributed by atoms with van der Waals surface area (Å²) in [5.74, 6) is -0.127. The summed E-state index contributed by atoms with van der Waals surface area (Å²) in [6.45, 7) is 0.00768. The summed E-state index contributed by atoms with van der Waals surface area (Å²) in [6.07, 6.45) is 1.44. The third kappa shape index (κ3) is 4.16. The largest absolute Gasteiger partial charge is 0.480 e. The Kier molecular flexibility index (Phi) is 5.30. The van der Waals surface area contributed by atoms with E-state index in [-0.39, 0.29) is 25.3 Å². The van der Waals surface area contributed by atoms with E-state index < -0.39 is 5.97 Å². The second-order valence-corrected chi connectivity index (χ2v) is 5.61. The zero-order valence-corrected chi connectivity index (χ0v) is 14.0. The average molecular weight is 359 g/mol. The van der Waals surface area contributed by atoms with Crippen LogP contribution >= 0.6 is 11.6 Å². The lowest BCUT2D eigenvalue weighted by atomic mass is 10.2. The van der Waals surface area contributed by atoms with Gasteiger partial charge in [0.1, 0.15) is 12.4 Å². The van der Waals surface area contributed by atoms with E-state index in [0.29, 0.717) is 21.7 Å². The molecule has 3 aromatic rings. The van der Waals surface area contributed by atoms with Gasteiger partial charge in [-0.1, -0.05) is 35.9 Å². The topological polar surface area (TPSA) is 70.4 Å². The normalized spacial score (nSPS) is 10.6. The number of rotatable bonds is 6. The molecule has 0 aliphatic rings. The number of ether oxygens (including phenoxy) is 2. The second-order valence-electron chi connectivity index (χ2n) is 5.20. The first-order valence-corrected chi connectivity index (χ1v) is 8.00. The van der Waals surface area contributed by atoms with Crippen LogP contribution in [0.1, 0.15) is 0 Å². The van der Waals surface area contributed by atoms with Crippen LogP contribution < -0.4 is 10.3 Å². The van der Waals surface area contributed by atoms with E-state index in [0.717, 1.165) is 0 Å². The molecule has 2 aromatic carbocycles. The maximum atomic E-state index is 12.3. The Morgan fingerprint density at radius 1 is 1.12 bits per heavy atom. The van der Waals surface area contributed by atoms with Gasteiger partial charge in [-0.15, -0.1) is 0 Å². The van der Waals surface area contributed by atoms with E-state index >= 15 is 0 Å². The number of aromatic nitrogens is 2. The number of nitrogens with zero attached hydrogens (tertiary/aromatic N) is 2. The Morgan fingerprint density at radius 3 is 2.72 bits per heavy atom. The number of fused-ring (bicyclic) bond motifs is 1. The maximum absolute atomic E-state index is 12.3. The number of para-hydroxylation sites is 2. The summed E-state index contributed by atoms with van der Waals surface area (Å²) in [6, 6.07) is 13.9. The van der Waals surface area contributed by atoms with Crippen molar-refractivity contribution in [3.8, 4) is 5.75 Å². The number of hydrogen-bond acceptors (Lipinski definition) is 5. The fourth-order valence-corrected chi connectivity index (χ4v) is 2.45. The van der Waals surface area contributed by atoms with Crippen LogP contribution in [-0.2, 0) is 16.1 Å². The number of carbonyl (C=O) groups excluding carboxylic acids is 1. The Hall–Kier alpha value is -2.86. The van der Waals surface area contributed by atoms with Crippen LogP contribution in [0.2, 0.25) is 5.02 Å². The number of carbonyl (C=O) groups is 1. The van der Waals surface area contributed by atoms with Gasteiger partial charge in [0.25, 0.3) is 5.56 Å². The highest BCUT2D eigenvalue weighted by Gasteiger charge is 2.08. The highest BCUT2D eigenvalue weighted by molar-refractivity contribution is 6.32. The van der Waals surface area contributed by atoms with Crippen LogP contribution in [0.25, 0.3) is 10.9 Å². The predicted octanol–water partition coefficient (Wildman–Crippen LogP) is 2.67. The Balaban J connectivity index is 1.53. The van der Waals surface area contributed by atoms with Crippen LogP contribution in [0.4, 0.5) is 0 Å². The van der Waals surface area contributed by atoms with E-state index in [4.69, 9.17) is 21.1 Å². The molecule has 0 saturated carbocycles. The van der Waals surface area contributed by atoms with Gasteiger partial charge in [0.15, 0.2) is 6.61 Å². The molecule has 7 heteroatoms. The smallest absolute Gasteiger partial charge is 0.344 e. The number of benzene rings is 2. The number of esters is 1. The van der Waals surface area contributed by atoms with Crippen LogP contribution in [-0.4, -0.2) is 28.7 Å². The van der Waals surface area contributed by atoms with Crippen molar-refractivity contribution in [1.29, 1.82) is 0 Å². The van der Waals surface area contributed by atoms with Gasteiger partial charge in [-0.3, -0.25) is 9.36 Å². The van der Waals surface area contributed by atoms with Crippen molar-refractivity contribution in [3.63, 3.8) is 0 Å². The molecule has 1 aromatic heterocycles. The fraction of sp³-hybridized carbons (Fsp3) is 0.167. The third-order valence-corrected chi connectivity index (χ3v) is 3.82. The van der Waals surface area contributed by atoms with Gasteiger partial charge >= 0.3 is 5.97 Å². The molecule has 3 rings (SSSR count). The molecule has 0 saturated heterocycles. The minimum absolute atomic E-state index is 0.0463. The molecule has 128 valence electrons. The summed E-state index contributed by atoms with van der Waals surface area (Å²) < 4.78 is 11.8. The number of hydrogen-bond donors (Lipinski definition) is 0. The molecule has 0 unspecified atom stereocenters. The molecule has 0 bridgehead atoms. The van der Waals surface area contributed by atoms with Crippen LogP contribution in [0.15, 0.2) is 59.7 Å². The lowest BCUT2D eigenvalue weighted by Gasteiger charge is -2.09. The van der Waals surface area contributed by atoms with E-state index in [1.54, 1.807) is 42.5 Å². The highest BCUT2D eigenvalue weighted by Crippen LogP contribution is 2.22. The Bertz CT molecular complexity index is 955. The molecular weight excluding hydrogens is 344 g/mol. The van der Waals surface area contributed by atoms with Crippen LogP contribution in [0, 0.1) is 0 Å². The monoisotopic (exact) mass is 358 g/mol. The molecule has 0 fully saturated rings. The SMILES string of the molecule is O=C(COc1ccccc1Cl)OCCn1cnc2ccccc2c1=O. The minimum atomic E-state index is -0.540. The zero-order chi connectivity index (χ0) is 17.6. The lowest BCUT2D eigenvalue weighted by Crippen LogP contribution is -2.24. The Labute approximate surface area is 148 Å². The molecule has 0 atom stereocenters. The van der Waals surface area contributed by atoms with Crippen molar-refractivity contribution in [2.24, 2.45) is 0 Å². The molecule has 6 nitrogen and oxygen atoms in total. The van der Waals surface area contributed by atoms with E-state index in [2.05, 4.69) is 4.98 Å². The summed E-state index contributed by atoms with van der Waals surface area (Å²) in [4.78, 5) is 28.2. The molecule has 0 aliphatic heterocycles. The summed E-state index contributed by atoms with van der Waals surface area (Å²) in [7, 11) is 0. The fourth-order valence-electron chi connectivity index (χ4n) is 2.26. The molecule has 0 N–H and O–H groups in total. The first-order chi connectivity index (χ1) is 12.1. The van der Waals surface area contributed by atoms with E-state index in [1.165, 1.54) is 10.9 Å². The Morgan fingerprint density at radius 2 is 1.88 bits per heavy atom. The molecule has 25 heavy (non-hydrogen) atoms. The van der Waals surface area contributed by atoms with E-state index in [1.807, 2.05) is 6.07 Å². The van der Waals surface area contributed by atoms with Crippen molar-refractivity contribution in [1.82, 2.24) is 9.55 Å². The molecule has 0 aliphatic carbocycles. The molecule has 0 radical (unpaired) electrons. The second kappa shape index (κ2) is 7.81. The van der Waals surface area contributed by atoms with Crippen molar-refractivity contribution in [2.45, 2.75) is 6.54 Å². The summed E-state index contributed by atoms with van der Waals surface area (Å²) in [5.41, 5.74) is 0.461. The van der Waals surface area contributed by atoms with Gasteiger partial charge in [-0.05, 0) is 24.3 Å². The third-order valence-electron chi connectivity index (χ3n) is 3.51. The summed E-state index contributed by atoms with van der Waals surface area (Å²) in [5, 5.41) is 0.947. The molecular formula is C18H15ClN2O4. The molecule has 0 spiro atoms. The predicted molar refractivity (Wildman–Crippen MR) is 93.9 cm³/mol. The molecule has 0 amide bonds. The van der Waals surface area contributed by atoms with Gasteiger partial charge in [-0.25, -0.2) is 9.78 Å². The van der Waals surface area contributed by atoms with Crippen molar-refractivity contribution < 1.29 is 14.3 Å². The van der Waals surface area contributed by atoms with Gasteiger partial charge in [-0.2, -0.15) is 0 Å². The van der Waals surface area contributed by atoms with Crippen LogP contribution in [0.5, 0.6) is 5.75 Å². The van der Waals surface area contributed by atoms with Gasteiger partial charge in [0.2, 0.25) is 0 Å². The highest BCUT2D eigenvalue weighted by atomic mass is 35.5. The van der Waals surface area contributed by atoms with Crippen molar-refractivity contribution >= 4 is 28.5 Å². The average Bonchev–Trinajstić information content (AvgIpc) is 2.63. The lowest BCUT2D eigenvalue weighted by molar-refractivity contribution is -0.146. The van der Waals surface area contributed by atoms with E-state index in [9.17, 15) is 9.59 Å². The number of halogens is 1. The van der Waals surface area contributed by atoms with Gasteiger partial charge in [0, 0.05) is 0 Å². The van der Waals surface area contributed by atoms with Crippen LogP contribution in [0.3, 0.4) is 0 Å². The van der Waals surface area contributed by atoms with Crippen molar-refractivity contribution in [3.05, 3.63) is 70.2 Å². The first kappa shape index (κ1) is 17.0. The minimum Gasteiger partial charge on any atom is -0.480 e. The maximum Gasteiger partial charge on any atom is 0.344 e. The quantitative estimate of drug-likeness (QED) is 0.633. The van der Waals surface area contributed by atoms with Gasteiger partial charge in [0.05, 0.1) is 28.8 Å². The zero-order valence-electron chi connectivity index (χ0n) is 13.2.